The van der Waals surface area contributed by atoms with Crippen molar-refractivity contribution in [3.63, 3.8) is 0 Å². The highest BCUT2D eigenvalue weighted by atomic mass is 16.6. The van der Waals surface area contributed by atoms with Crippen molar-refractivity contribution in [3.05, 3.63) is 30.3 Å². The van der Waals surface area contributed by atoms with Crippen LogP contribution in [0.15, 0.2) is 35.3 Å². The summed E-state index contributed by atoms with van der Waals surface area (Å²) in [5, 5.41) is 0. The van der Waals surface area contributed by atoms with Gasteiger partial charge in [-0.05, 0) is 26.0 Å². The number of ether oxygens (including phenoxy) is 2. The molecular formula is C13H15NO4. The molecule has 0 atom stereocenters. The molecule has 96 valence electrons. The second-order valence-electron chi connectivity index (χ2n) is 3.24. The Labute approximate surface area is 105 Å². The first-order valence-electron chi connectivity index (χ1n) is 5.67. The van der Waals surface area contributed by atoms with Gasteiger partial charge in [-0.25, -0.2) is 14.6 Å². The summed E-state index contributed by atoms with van der Waals surface area (Å²) in [5.41, 5.74) is 0.151. The van der Waals surface area contributed by atoms with Crippen molar-refractivity contribution in [2.45, 2.75) is 13.8 Å². The maximum Gasteiger partial charge on any atom is 0.364 e. The van der Waals surface area contributed by atoms with Gasteiger partial charge in [-0.2, -0.15) is 0 Å². The van der Waals surface area contributed by atoms with Crippen LogP contribution in [0.1, 0.15) is 13.8 Å². The minimum Gasteiger partial charge on any atom is -0.461 e. The van der Waals surface area contributed by atoms with E-state index in [0.29, 0.717) is 5.69 Å². The number of para-hydroxylation sites is 1. The Morgan fingerprint density at radius 3 is 1.94 bits per heavy atom. The lowest BCUT2D eigenvalue weighted by Crippen LogP contribution is -2.28. The molecule has 5 heteroatoms. The Balaban J connectivity index is 3.00. The molecule has 0 bridgehead atoms. The first-order chi connectivity index (χ1) is 8.69. The van der Waals surface area contributed by atoms with Gasteiger partial charge in [0.1, 0.15) is 0 Å². The van der Waals surface area contributed by atoms with Crippen LogP contribution in [0, 0.1) is 0 Å². The molecule has 18 heavy (non-hydrogen) atoms. The number of carbonyl (C=O) groups is 2. The normalized spacial score (nSPS) is 9.44. The quantitative estimate of drug-likeness (QED) is 0.454. The summed E-state index contributed by atoms with van der Waals surface area (Å²) < 4.78 is 9.55. The van der Waals surface area contributed by atoms with Gasteiger partial charge in [-0.1, -0.05) is 18.2 Å². The average Bonchev–Trinajstić information content (AvgIpc) is 2.37. The van der Waals surface area contributed by atoms with Crippen molar-refractivity contribution in [3.8, 4) is 0 Å². The van der Waals surface area contributed by atoms with E-state index in [1.54, 1.807) is 38.1 Å². The van der Waals surface area contributed by atoms with Crippen molar-refractivity contribution >= 4 is 23.3 Å². The van der Waals surface area contributed by atoms with Crippen molar-refractivity contribution in [2.75, 3.05) is 13.2 Å². The first kappa shape index (κ1) is 13.9. The lowest BCUT2D eigenvalue weighted by molar-refractivity contribution is -0.140. The summed E-state index contributed by atoms with van der Waals surface area (Å²) in [6.45, 7) is 3.66. The van der Waals surface area contributed by atoms with Crippen LogP contribution < -0.4 is 0 Å². The molecule has 0 aliphatic carbocycles. The fraction of sp³-hybridized carbons (Fsp3) is 0.308. The van der Waals surface area contributed by atoms with Crippen LogP contribution >= 0.6 is 0 Å². The van der Waals surface area contributed by atoms with Crippen LogP contribution in [0.2, 0.25) is 0 Å². The van der Waals surface area contributed by atoms with E-state index in [0.717, 1.165) is 0 Å². The fourth-order valence-corrected chi connectivity index (χ4v) is 1.21. The van der Waals surface area contributed by atoms with E-state index in [1.165, 1.54) is 0 Å². The highest BCUT2D eigenvalue weighted by Crippen LogP contribution is 2.11. The Bertz CT molecular complexity index is 420. The minimum absolute atomic E-state index is 0.173. The van der Waals surface area contributed by atoms with Crippen molar-refractivity contribution in [2.24, 2.45) is 4.99 Å². The van der Waals surface area contributed by atoms with Gasteiger partial charge in [0.25, 0.3) is 0 Å². The molecule has 0 heterocycles. The summed E-state index contributed by atoms with van der Waals surface area (Å²) in [4.78, 5) is 27.2. The average molecular weight is 249 g/mol. The zero-order chi connectivity index (χ0) is 13.4. The molecule has 1 rings (SSSR count). The lowest BCUT2D eigenvalue weighted by Gasteiger charge is -2.05. The maximum atomic E-state index is 11.6. The van der Waals surface area contributed by atoms with Gasteiger partial charge in [-0.15, -0.1) is 0 Å². The van der Waals surface area contributed by atoms with Gasteiger partial charge in [0.05, 0.1) is 18.9 Å². The molecule has 5 nitrogen and oxygen atoms in total. The molecule has 1 aromatic rings. The smallest absolute Gasteiger partial charge is 0.364 e. The molecule has 0 fully saturated rings. The van der Waals surface area contributed by atoms with Gasteiger partial charge >= 0.3 is 11.9 Å². The van der Waals surface area contributed by atoms with Crippen LogP contribution in [-0.2, 0) is 19.1 Å². The lowest BCUT2D eigenvalue weighted by atomic mass is 10.3. The number of carbonyl (C=O) groups excluding carboxylic acids is 2. The minimum atomic E-state index is -0.778. The van der Waals surface area contributed by atoms with Crippen molar-refractivity contribution in [1.29, 1.82) is 0 Å². The number of benzene rings is 1. The number of aliphatic imine (C=N–C) groups is 1. The molecule has 0 aliphatic heterocycles. The molecule has 0 N–H and O–H groups in total. The van der Waals surface area contributed by atoms with Crippen molar-refractivity contribution in [1.82, 2.24) is 0 Å². The van der Waals surface area contributed by atoms with Crippen LogP contribution in [0.4, 0.5) is 5.69 Å². The molecule has 0 spiro atoms. The fourth-order valence-electron chi connectivity index (χ4n) is 1.21. The van der Waals surface area contributed by atoms with E-state index in [-0.39, 0.29) is 18.9 Å². The summed E-state index contributed by atoms with van der Waals surface area (Å²) in [6, 6.07) is 8.68. The molecule has 0 aliphatic rings. The molecule has 0 aromatic heterocycles. The van der Waals surface area contributed by atoms with Crippen LogP contribution in [0.3, 0.4) is 0 Å². The monoisotopic (exact) mass is 249 g/mol. The van der Waals surface area contributed by atoms with Gasteiger partial charge in [0.15, 0.2) is 0 Å². The number of rotatable bonds is 5. The molecule has 0 saturated carbocycles. The van der Waals surface area contributed by atoms with E-state index in [4.69, 9.17) is 9.47 Å². The summed E-state index contributed by atoms with van der Waals surface area (Å²) in [7, 11) is 0. The van der Waals surface area contributed by atoms with Gasteiger partial charge in [-0.3, -0.25) is 0 Å². The highest BCUT2D eigenvalue weighted by molar-refractivity contribution is 6.62. The van der Waals surface area contributed by atoms with Crippen molar-refractivity contribution < 1.29 is 19.1 Å². The Morgan fingerprint density at radius 2 is 1.50 bits per heavy atom. The molecular weight excluding hydrogens is 234 g/mol. The van der Waals surface area contributed by atoms with E-state index >= 15 is 0 Å². The number of nitrogens with zero attached hydrogens (tertiary/aromatic N) is 1. The van der Waals surface area contributed by atoms with E-state index in [2.05, 4.69) is 4.99 Å². The molecule has 0 radical (unpaired) electrons. The number of hydrogen-bond acceptors (Lipinski definition) is 5. The largest absolute Gasteiger partial charge is 0.461 e. The van der Waals surface area contributed by atoms with Gasteiger partial charge < -0.3 is 9.47 Å². The van der Waals surface area contributed by atoms with E-state index in [1.807, 2.05) is 6.07 Å². The zero-order valence-corrected chi connectivity index (χ0v) is 10.4. The summed E-state index contributed by atoms with van der Waals surface area (Å²) in [6.07, 6.45) is 0. The SMILES string of the molecule is CCOC(=O)C(=Nc1ccccc1)C(=O)OCC. The molecule has 0 unspecified atom stereocenters. The summed E-state index contributed by atoms with van der Waals surface area (Å²) >= 11 is 0. The third kappa shape index (κ3) is 4.01. The van der Waals surface area contributed by atoms with Crippen LogP contribution in [0.5, 0.6) is 0 Å². The third-order valence-corrected chi connectivity index (χ3v) is 1.93. The Morgan fingerprint density at radius 1 is 1.00 bits per heavy atom. The molecule has 0 saturated heterocycles. The molecule has 0 amide bonds. The van der Waals surface area contributed by atoms with E-state index < -0.39 is 11.9 Å². The van der Waals surface area contributed by atoms with Gasteiger partial charge in [0.2, 0.25) is 5.71 Å². The van der Waals surface area contributed by atoms with Crippen LogP contribution in [-0.4, -0.2) is 30.9 Å². The number of esters is 2. The second-order valence-corrected chi connectivity index (χ2v) is 3.24. The topological polar surface area (TPSA) is 65.0 Å². The third-order valence-electron chi connectivity index (χ3n) is 1.93. The standard InChI is InChI=1S/C13H15NO4/c1-3-17-12(15)11(13(16)18-4-2)14-10-8-6-5-7-9-10/h5-9H,3-4H2,1-2H3. The van der Waals surface area contributed by atoms with Crippen LogP contribution in [0.25, 0.3) is 0 Å². The van der Waals surface area contributed by atoms with Gasteiger partial charge in [0, 0.05) is 0 Å². The second kappa shape index (κ2) is 7.21. The predicted octanol–water partition coefficient (Wildman–Crippen LogP) is 1.89. The molecule has 1 aromatic carbocycles. The first-order valence-corrected chi connectivity index (χ1v) is 5.67. The number of hydrogen-bond donors (Lipinski definition) is 0. The Hall–Kier alpha value is -2.17. The zero-order valence-electron chi connectivity index (χ0n) is 10.4. The Kier molecular flexibility index (Phi) is 5.57. The summed E-state index contributed by atoms with van der Waals surface area (Å²) in [5.74, 6) is -1.56. The maximum absolute atomic E-state index is 11.6. The highest BCUT2D eigenvalue weighted by Gasteiger charge is 2.23. The van der Waals surface area contributed by atoms with E-state index in [9.17, 15) is 9.59 Å². The predicted molar refractivity (Wildman–Crippen MR) is 66.8 cm³/mol.